The van der Waals surface area contributed by atoms with E-state index in [0.29, 0.717) is 36.6 Å². The number of fused-ring (bicyclic) bond motifs is 1. The van der Waals surface area contributed by atoms with Crippen LogP contribution in [0.2, 0.25) is 0 Å². The van der Waals surface area contributed by atoms with Crippen LogP contribution in [0.4, 0.5) is 0 Å². The molecule has 1 N–H and O–H groups in total. The highest BCUT2D eigenvalue weighted by Gasteiger charge is 2.34. The molecule has 2 aromatic rings. The number of benzene rings is 2. The van der Waals surface area contributed by atoms with Gasteiger partial charge in [-0.25, -0.2) is 8.42 Å². The number of hydrogen-bond donors (Lipinski definition) is 1. The third-order valence-electron chi connectivity index (χ3n) is 5.05. The molecule has 1 aliphatic rings. The van der Waals surface area contributed by atoms with Crippen molar-refractivity contribution in [1.29, 1.82) is 0 Å². The molecule has 1 atom stereocenters. The molecule has 0 fully saturated rings. The summed E-state index contributed by atoms with van der Waals surface area (Å²) in [7, 11) is 1.19. The van der Waals surface area contributed by atoms with Gasteiger partial charge in [-0.1, -0.05) is 6.07 Å². The van der Waals surface area contributed by atoms with Crippen LogP contribution in [0.15, 0.2) is 30.3 Å². The fourth-order valence-corrected chi connectivity index (χ4v) is 4.77. The lowest BCUT2D eigenvalue weighted by Gasteiger charge is -2.36. The van der Waals surface area contributed by atoms with Gasteiger partial charge >= 0.3 is 0 Å². The summed E-state index contributed by atoms with van der Waals surface area (Å²) in [5.41, 5.74) is 2.66. The molecule has 2 aromatic carbocycles. The van der Waals surface area contributed by atoms with E-state index in [2.05, 4.69) is 0 Å². The van der Waals surface area contributed by atoms with Crippen LogP contribution < -0.4 is 14.2 Å². The average molecular weight is 407 g/mol. The molecule has 0 spiro atoms. The Kier molecular flexibility index (Phi) is 5.71. The van der Waals surface area contributed by atoms with Crippen LogP contribution in [0.25, 0.3) is 0 Å². The summed E-state index contributed by atoms with van der Waals surface area (Å²) in [6.07, 6.45) is 2.21. The van der Waals surface area contributed by atoms with E-state index in [0.717, 1.165) is 16.7 Å². The largest absolute Gasteiger partial charge is 0.504 e. The monoisotopic (exact) mass is 407 g/mol. The molecule has 0 aliphatic carbocycles. The first-order valence-electron chi connectivity index (χ1n) is 8.86. The van der Waals surface area contributed by atoms with Crippen molar-refractivity contribution in [3.8, 4) is 23.0 Å². The second-order valence-corrected chi connectivity index (χ2v) is 8.69. The van der Waals surface area contributed by atoms with Crippen LogP contribution >= 0.6 is 0 Å². The zero-order valence-electron chi connectivity index (χ0n) is 16.4. The Morgan fingerprint density at radius 2 is 1.71 bits per heavy atom. The molecule has 0 aromatic heterocycles. The van der Waals surface area contributed by atoms with Crippen molar-refractivity contribution in [3.63, 3.8) is 0 Å². The van der Waals surface area contributed by atoms with E-state index >= 15 is 0 Å². The number of hydrogen-bond acceptors (Lipinski definition) is 6. The summed E-state index contributed by atoms with van der Waals surface area (Å²) in [6.45, 7) is 0.373. The Hall–Kier alpha value is -2.45. The molecule has 0 amide bonds. The van der Waals surface area contributed by atoms with Crippen molar-refractivity contribution in [2.75, 3.05) is 34.1 Å². The van der Waals surface area contributed by atoms with Crippen LogP contribution in [0, 0.1) is 0 Å². The molecule has 7 nitrogen and oxygen atoms in total. The normalized spacial score (nSPS) is 17.1. The molecular weight excluding hydrogens is 382 g/mol. The SMILES string of the molecule is COc1cc2c(cc1O)C(Cc1ccc(OC)c(OC)c1)N(S(C)(=O)=O)CC2. The molecular formula is C20H25NO6S. The van der Waals surface area contributed by atoms with E-state index < -0.39 is 16.1 Å². The highest BCUT2D eigenvalue weighted by molar-refractivity contribution is 7.88. The number of methoxy groups -OCH3 is 3. The van der Waals surface area contributed by atoms with Crippen molar-refractivity contribution in [2.45, 2.75) is 18.9 Å². The Morgan fingerprint density at radius 1 is 1.04 bits per heavy atom. The predicted molar refractivity (Wildman–Crippen MR) is 106 cm³/mol. The molecule has 0 saturated heterocycles. The zero-order valence-corrected chi connectivity index (χ0v) is 17.2. The lowest BCUT2D eigenvalue weighted by molar-refractivity contribution is 0.303. The zero-order chi connectivity index (χ0) is 20.5. The summed E-state index contributed by atoms with van der Waals surface area (Å²) >= 11 is 0. The standard InChI is InChI=1S/C20H25NO6S/c1-25-18-6-5-13(10-20(18)27-3)9-16-15-12-17(22)19(26-2)11-14(15)7-8-21(16)28(4,23)24/h5-6,10-12,16,22H,7-9H2,1-4H3. The van der Waals surface area contributed by atoms with E-state index in [9.17, 15) is 13.5 Å². The van der Waals surface area contributed by atoms with Crippen LogP contribution in [0.5, 0.6) is 23.0 Å². The Morgan fingerprint density at radius 3 is 2.32 bits per heavy atom. The molecule has 8 heteroatoms. The Bertz CT molecular complexity index is 973. The molecule has 28 heavy (non-hydrogen) atoms. The van der Waals surface area contributed by atoms with Gasteiger partial charge in [-0.2, -0.15) is 4.31 Å². The van der Waals surface area contributed by atoms with Crippen molar-refractivity contribution >= 4 is 10.0 Å². The fraction of sp³-hybridized carbons (Fsp3) is 0.400. The van der Waals surface area contributed by atoms with Crippen LogP contribution in [-0.4, -0.2) is 52.0 Å². The van der Waals surface area contributed by atoms with Gasteiger partial charge in [-0.15, -0.1) is 0 Å². The number of nitrogens with zero attached hydrogens (tertiary/aromatic N) is 1. The van der Waals surface area contributed by atoms with Crippen LogP contribution in [0.3, 0.4) is 0 Å². The molecule has 1 unspecified atom stereocenters. The van der Waals surface area contributed by atoms with Gasteiger partial charge in [0.25, 0.3) is 0 Å². The summed E-state index contributed by atoms with van der Waals surface area (Å²) in [5, 5.41) is 10.3. The molecule has 0 bridgehead atoms. The highest BCUT2D eigenvalue weighted by atomic mass is 32.2. The number of aromatic hydroxyl groups is 1. The predicted octanol–water partition coefficient (Wildman–Crippen LogP) is 2.52. The highest BCUT2D eigenvalue weighted by Crippen LogP contribution is 2.40. The van der Waals surface area contributed by atoms with Crippen LogP contribution in [0.1, 0.15) is 22.7 Å². The first kappa shape index (κ1) is 20.3. The first-order valence-corrected chi connectivity index (χ1v) is 10.7. The van der Waals surface area contributed by atoms with Gasteiger partial charge < -0.3 is 19.3 Å². The van der Waals surface area contributed by atoms with Gasteiger partial charge in [0.1, 0.15) is 0 Å². The van der Waals surface area contributed by atoms with E-state index in [-0.39, 0.29) is 5.75 Å². The number of ether oxygens (including phenoxy) is 3. The number of phenolic OH excluding ortho intramolecular Hbond substituents is 1. The average Bonchev–Trinajstić information content (AvgIpc) is 2.66. The minimum atomic E-state index is -3.43. The third kappa shape index (κ3) is 3.88. The number of phenols is 1. The second-order valence-electron chi connectivity index (χ2n) is 6.76. The lowest BCUT2D eigenvalue weighted by atomic mass is 9.89. The quantitative estimate of drug-likeness (QED) is 0.792. The summed E-state index contributed by atoms with van der Waals surface area (Å²) in [6, 6.07) is 8.49. The fourth-order valence-electron chi connectivity index (χ4n) is 3.70. The van der Waals surface area contributed by atoms with Crippen molar-refractivity contribution in [1.82, 2.24) is 4.31 Å². The van der Waals surface area contributed by atoms with Crippen molar-refractivity contribution in [3.05, 3.63) is 47.0 Å². The molecule has 1 heterocycles. The summed E-state index contributed by atoms with van der Waals surface area (Å²) < 4.78 is 42.2. The van der Waals surface area contributed by atoms with Gasteiger partial charge in [0.05, 0.1) is 33.6 Å². The number of sulfonamides is 1. The minimum absolute atomic E-state index is 0.00564. The summed E-state index contributed by atoms with van der Waals surface area (Å²) in [5.74, 6) is 1.57. The van der Waals surface area contributed by atoms with E-state index in [4.69, 9.17) is 14.2 Å². The molecule has 1 aliphatic heterocycles. The van der Waals surface area contributed by atoms with Gasteiger partial charge in [-0.05, 0) is 53.8 Å². The first-order chi connectivity index (χ1) is 13.3. The van der Waals surface area contributed by atoms with Crippen LogP contribution in [-0.2, 0) is 22.9 Å². The van der Waals surface area contributed by atoms with E-state index in [1.165, 1.54) is 17.7 Å². The number of rotatable bonds is 6. The van der Waals surface area contributed by atoms with Crippen molar-refractivity contribution < 1.29 is 27.7 Å². The Balaban J connectivity index is 2.06. The minimum Gasteiger partial charge on any atom is -0.504 e. The maximum Gasteiger partial charge on any atom is 0.211 e. The lowest BCUT2D eigenvalue weighted by Crippen LogP contribution is -2.40. The van der Waals surface area contributed by atoms with E-state index in [1.807, 2.05) is 12.1 Å². The van der Waals surface area contributed by atoms with Gasteiger partial charge in [0.15, 0.2) is 23.0 Å². The van der Waals surface area contributed by atoms with Gasteiger partial charge in [0.2, 0.25) is 10.0 Å². The van der Waals surface area contributed by atoms with Gasteiger partial charge in [-0.3, -0.25) is 0 Å². The second kappa shape index (κ2) is 7.89. The van der Waals surface area contributed by atoms with Gasteiger partial charge in [0, 0.05) is 6.54 Å². The van der Waals surface area contributed by atoms with E-state index in [1.54, 1.807) is 32.4 Å². The maximum absolute atomic E-state index is 12.4. The molecule has 3 rings (SSSR count). The van der Waals surface area contributed by atoms with Crippen molar-refractivity contribution in [2.24, 2.45) is 0 Å². The summed E-state index contributed by atoms with van der Waals surface area (Å²) in [4.78, 5) is 0. The topological polar surface area (TPSA) is 85.3 Å². The third-order valence-corrected chi connectivity index (χ3v) is 6.34. The maximum atomic E-state index is 12.4. The Labute approximate surface area is 165 Å². The molecule has 0 radical (unpaired) electrons. The molecule has 152 valence electrons. The smallest absolute Gasteiger partial charge is 0.211 e. The molecule has 0 saturated carbocycles.